The summed E-state index contributed by atoms with van der Waals surface area (Å²) in [6.45, 7) is 4.09. The molecule has 1 aromatic rings. The van der Waals surface area contributed by atoms with Crippen LogP contribution >= 0.6 is 0 Å². The first kappa shape index (κ1) is 20.5. The number of methoxy groups -OCH3 is 1. The Morgan fingerprint density at radius 1 is 1.22 bits per heavy atom. The first-order valence-corrected chi connectivity index (χ1v) is 8.87. The number of benzene rings is 1. The molecule has 9 heteroatoms. The lowest BCUT2D eigenvalue weighted by Gasteiger charge is -2.15. The summed E-state index contributed by atoms with van der Waals surface area (Å²) in [7, 11) is 1.40. The van der Waals surface area contributed by atoms with Crippen molar-refractivity contribution in [1.29, 1.82) is 0 Å². The van der Waals surface area contributed by atoms with Crippen molar-refractivity contribution in [1.82, 2.24) is 5.32 Å². The minimum atomic E-state index is -0.632. The number of hydrogen-bond donors (Lipinski definition) is 1. The van der Waals surface area contributed by atoms with Crippen LogP contribution < -0.4 is 14.8 Å². The van der Waals surface area contributed by atoms with E-state index in [0.717, 1.165) is 0 Å². The summed E-state index contributed by atoms with van der Waals surface area (Å²) in [6.07, 6.45) is 1.67. The minimum Gasteiger partial charge on any atom is -0.493 e. The van der Waals surface area contributed by atoms with Gasteiger partial charge in [-0.05, 0) is 33.1 Å². The third-order valence-corrected chi connectivity index (χ3v) is 4.41. The van der Waals surface area contributed by atoms with Gasteiger partial charge in [-0.25, -0.2) is 0 Å². The number of amides is 1. The van der Waals surface area contributed by atoms with Crippen LogP contribution in [0.3, 0.4) is 0 Å². The minimum absolute atomic E-state index is 0.111. The Morgan fingerprint density at radius 2 is 1.96 bits per heavy atom. The smallest absolute Gasteiger partial charge is 0.308 e. The fourth-order valence-corrected chi connectivity index (χ4v) is 3.16. The normalized spacial score (nSPS) is 18.6. The van der Waals surface area contributed by atoms with Gasteiger partial charge in [-0.1, -0.05) is 0 Å². The van der Waals surface area contributed by atoms with Crippen LogP contribution in [0.2, 0.25) is 0 Å². The summed E-state index contributed by atoms with van der Waals surface area (Å²) in [4.78, 5) is 35.2. The van der Waals surface area contributed by atoms with Crippen molar-refractivity contribution in [3.63, 3.8) is 0 Å². The molecule has 27 heavy (non-hydrogen) atoms. The van der Waals surface area contributed by atoms with Crippen molar-refractivity contribution in [2.75, 3.05) is 20.3 Å². The lowest BCUT2D eigenvalue weighted by Crippen LogP contribution is -2.34. The zero-order valence-corrected chi connectivity index (χ0v) is 15.6. The molecule has 0 spiro atoms. The highest BCUT2D eigenvalue weighted by atomic mass is 16.6. The second kappa shape index (κ2) is 9.20. The molecule has 0 unspecified atom stereocenters. The number of rotatable bonds is 8. The quantitative estimate of drug-likeness (QED) is 0.418. The molecular weight excluding hydrogens is 356 g/mol. The largest absolute Gasteiger partial charge is 0.493 e. The van der Waals surface area contributed by atoms with Gasteiger partial charge in [0.25, 0.3) is 11.6 Å². The molecule has 1 aliphatic carbocycles. The SMILES string of the molecule is CCOC(=O)[C@@H]1CC[C@H](NC(=O)c2cc(OC)c(OCC)cc2[N+](=O)[O-])C1. The molecule has 1 aliphatic rings. The van der Waals surface area contributed by atoms with Crippen molar-refractivity contribution in [3.05, 3.63) is 27.8 Å². The van der Waals surface area contributed by atoms with Crippen LogP contribution in [0.25, 0.3) is 0 Å². The van der Waals surface area contributed by atoms with E-state index >= 15 is 0 Å². The molecule has 1 aromatic carbocycles. The molecule has 0 aliphatic heterocycles. The van der Waals surface area contributed by atoms with Gasteiger partial charge in [-0.15, -0.1) is 0 Å². The maximum atomic E-state index is 12.6. The number of nitro groups is 1. The van der Waals surface area contributed by atoms with Crippen LogP contribution in [0.4, 0.5) is 5.69 Å². The van der Waals surface area contributed by atoms with Gasteiger partial charge in [0, 0.05) is 12.1 Å². The average Bonchev–Trinajstić information content (AvgIpc) is 3.10. The molecule has 0 saturated heterocycles. The predicted octanol–water partition coefficient (Wildman–Crippen LogP) is 2.46. The van der Waals surface area contributed by atoms with Gasteiger partial charge in [0.05, 0.1) is 37.2 Å². The van der Waals surface area contributed by atoms with Crippen LogP contribution in [-0.4, -0.2) is 43.2 Å². The lowest BCUT2D eigenvalue weighted by molar-refractivity contribution is -0.385. The predicted molar refractivity (Wildman–Crippen MR) is 96.0 cm³/mol. The van der Waals surface area contributed by atoms with Gasteiger partial charge >= 0.3 is 5.97 Å². The van der Waals surface area contributed by atoms with Crippen LogP contribution in [-0.2, 0) is 9.53 Å². The fourth-order valence-electron chi connectivity index (χ4n) is 3.16. The van der Waals surface area contributed by atoms with Crippen molar-refractivity contribution < 1.29 is 28.7 Å². The molecule has 1 saturated carbocycles. The van der Waals surface area contributed by atoms with Crippen molar-refractivity contribution in [2.45, 2.75) is 39.2 Å². The molecule has 148 valence electrons. The summed E-state index contributed by atoms with van der Waals surface area (Å²) >= 11 is 0. The maximum Gasteiger partial charge on any atom is 0.308 e. The molecule has 1 amide bonds. The molecule has 2 atom stereocenters. The van der Waals surface area contributed by atoms with E-state index in [-0.39, 0.29) is 40.7 Å². The van der Waals surface area contributed by atoms with E-state index in [1.165, 1.54) is 19.2 Å². The molecular formula is C18H24N2O7. The molecule has 0 heterocycles. The average molecular weight is 380 g/mol. The number of nitrogens with one attached hydrogen (secondary N) is 1. The van der Waals surface area contributed by atoms with E-state index in [1.54, 1.807) is 13.8 Å². The van der Waals surface area contributed by atoms with Crippen LogP contribution in [0, 0.1) is 16.0 Å². The highest BCUT2D eigenvalue weighted by Gasteiger charge is 2.33. The topological polar surface area (TPSA) is 117 Å². The Morgan fingerprint density at radius 3 is 2.56 bits per heavy atom. The Labute approximate surface area is 157 Å². The third kappa shape index (κ3) is 4.87. The molecule has 9 nitrogen and oxygen atoms in total. The summed E-state index contributed by atoms with van der Waals surface area (Å²) in [5.74, 6) is -0.685. The van der Waals surface area contributed by atoms with E-state index in [2.05, 4.69) is 5.32 Å². The summed E-state index contributed by atoms with van der Waals surface area (Å²) in [5.41, 5.74) is -0.475. The first-order valence-electron chi connectivity index (χ1n) is 8.87. The van der Waals surface area contributed by atoms with Gasteiger partial charge in [0.1, 0.15) is 5.56 Å². The summed E-state index contributed by atoms with van der Waals surface area (Å²) < 4.78 is 15.5. The number of nitro benzene ring substituents is 1. The number of nitrogens with zero attached hydrogens (tertiary/aromatic N) is 1. The van der Waals surface area contributed by atoms with Crippen molar-refractivity contribution >= 4 is 17.6 Å². The van der Waals surface area contributed by atoms with Crippen molar-refractivity contribution in [3.8, 4) is 11.5 Å². The number of hydrogen-bond acceptors (Lipinski definition) is 7. The van der Waals surface area contributed by atoms with Crippen LogP contribution in [0.5, 0.6) is 11.5 Å². The Bertz CT molecular complexity index is 720. The fraction of sp³-hybridized carbons (Fsp3) is 0.556. The second-order valence-corrected chi connectivity index (χ2v) is 6.14. The highest BCUT2D eigenvalue weighted by molar-refractivity contribution is 5.99. The highest BCUT2D eigenvalue weighted by Crippen LogP contribution is 2.35. The van der Waals surface area contributed by atoms with E-state index < -0.39 is 10.8 Å². The van der Waals surface area contributed by atoms with E-state index in [0.29, 0.717) is 32.5 Å². The number of carbonyl (C=O) groups is 2. The van der Waals surface area contributed by atoms with E-state index in [9.17, 15) is 19.7 Å². The van der Waals surface area contributed by atoms with Crippen LogP contribution in [0.15, 0.2) is 12.1 Å². The standard InChI is InChI=1S/C18H24N2O7/c1-4-26-16-10-14(20(23)24)13(9-15(16)25-3)17(21)19-12-7-6-11(8-12)18(22)27-5-2/h9-12H,4-8H2,1-3H3,(H,19,21)/t11-,12+/m1/s1. The van der Waals surface area contributed by atoms with Crippen molar-refractivity contribution in [2.24, 2.45) is 5.92 Å². The monoisotopic (exact) mass is 380 g/mol. The van der Waals surface area contributed by atoms with E-state index in [1.807, 2.05) is 0 Å². The first-order chi connectivity index (χ1) is 12.9. The van der Waals surface area contributed by atoms with Gasteiger partial charge in [0.2, 0.25) is 0 Å². The van der Waals surface area contributed by atoms with Gasteiger partial charge in [0.15, 0.2) is 11.5 Å². The Kier molecular flexibility index (Phi) is 6.98. The molecule has 1 N–H and O–H groups in total. The number of ether oxygens (including phenoxy) is 3. The molecule has 0 aromatic heterocycles. The lowest BCUT2D eigenvalue weighted by atomic mass is 10.1. The number of carbonyl (C=O) groups excluding carboxylic acids is 2. The molecule has 0 bridgehead atoms. The second-order valence-electron chi connectivity index (χ2n) is 6.14. The van der Waals surface area contributed by atoms with Gasteiger partial charge in [-0.2, -0.15) is 0 Å². The van der Waals surface area contributed by atoms with Gasteiger partial charge in [-0.3, -0.25) is 19.7 Å². The zero-order valence-electron chi connectivity index (χ0n) is 15.6. The third-order valence-electron chi connectivity index (χ3n) is 4.41. The zero-order chi connectivity index (χ0) is 20.0. The summed E-state index contributed by atoms with van der Waals surface area (Å²) in [5, 5.41) is 14.2. The van der Waals surface area contributed by atoms with Crippen LogP contribution in [0.1, 0.15) is 43.5 Å². The summed E-state index contributed by atoms with van der Waals surface area (Å²) in [6, 6.07) is 2.24. The number of esters is 1. The van der Waals surface area contributed by atoms with E-state index in [4.69, 9.17) is 14.2 Å². The molecule has 2 rings (SSSR count). The molecule has 1 fully saturated rings. The Hall–Kier alpha value is -2.84. The molecule has 0 radical (unpaired) electrons. The maximum absolute atomic E-state index is 12.6. The van der Waals surface area contributed by atoms with Gasteiger partial charge < -0.3 is 19.5 Å². The Balaban J connectivity index is 2.18.